The second kappa shape index (κ2) is 4.99. The third kappa shape index (κ3) is 2.25. The first-order valence-electron chi connectivity index (χ1n) is 5.99. The number of nitro groups is 1. The molecular formula is C14H8ClN3O3. The molecule has 104 valence electrons. The number of carbonyl (C=O) groups excluding carboxylic acids is 1. The predicted molar refractivity (Wildman–Crippen MR) is 77.6 cm³/mol. The summed E-state index contributed by atoms with van der Waals surface area (Å²) in [5, 5.41) is 12.1. The zero-order chi connectivity index (χ0) is 15.0. The monoisotopic (exact) mass is 301 g/mol. The van der Waals surface area contributed by atoms with Crippen molar-refractivity contribution in [3.8, 4) is 0 Å². The van der Waals surface area contributed by atoms with E-state index in [1.54, 1.807) is 24.3 Å². The van der Waals surface area contributed by atoms with Gasteiger partial charge in [0.2, 0.25) is 5.78 Å². The summed E-state index contributed by atoms with van der Waals surface area (Å²) in [4.78, 5) is 29.8. The van der Waals surface area contributed by atoms with Crippen LogP contribution in [0.15, 0.2) is 42.6 Å². The number of pyridine rings is 1. The maximum atomic E-state index is 12.4. The Hall–Kier alpha value is -2.73. The van der Waals surface area contributed by atoms with Crippen LogP contribution in [0, 0.1) is 10.1 Å². The Balaban J connectivity index is 2.25. The van der Waals surface area contributed by atoms with Crippen molar-refractivity contribution in [2.75, 3.05) is 0 Å². The lowest BCUT2D eigenvalue weighted by Gasteiger charge is -1.97. The fraction of sp³-hybridized carbons (Fsp3) is 0. The van der Waals surface area contributed by atoms with Gasteiger partial charge in [-0.1, -0.05) is 17.7 Å². The number of halogens is 1. The number of H-pyrrole nitrogens is 1. The van der Waals surface area contributed by atoms with Crippen LogP contribution in [0.5, 0.6) is 0 Å². The van der Waals surface area contributed by atoms with Crippen LogP contribution in [0.2, 0.25) is 5.02 Å². The Bertz CT molecular complexity index is 859. The second-order valence-electron chi connectivity index (χ2n) is 4.34. The van der Waals surface area contributed by atoms with Gasteiger partial charge in [0.1, 0.15) is 5.69 Å². The van der Waals surface area contributed by atoms with Gasteiger partial charge < -0.3 is 4.98 Å². The molecule has 3 rings (SSSR count). The summed E-state index contributed by atoms with van der Waals surface area (Å²) < 4.78 is 0. The summed E-state index contributed by atoms with van der Waals surface area (Å²) in [5.41, 5.74) is 0.208. The number of rotatable bonds is 3. The van der Waals surface area contributed by atoms with Crippen LogP contribution in [0.1, 0.15) is 16.2 Å². The van der Waals surface area contributed by atoms with Gasteiger partial charge in [0.25, 0.3) is 0 Å². The second-order valence-corrected chi connectivity index (χ2v) is 4.78. The number of ketones is 1. The van der Waals surface area contributed by atoms with Gasteiger partial charge in [-0.15, -0.1) is 0 Å². The smallest absolute Gasteiger partial charge is 0.306 e. The molecular weight excluding hydrogens is 294 g/mol. The molecule has 1 N–H and O–H groups in total. The highest BCUT2D eigenvalue weighted by atomic mass is 35.5. The Morgan fingerprint density at radius 2 is 2.10 bits per heavy atom. The molecule has 0 amide bonds. The largest absolute Gasteiger partial charge is 0.346 e. The molecule has 3 aromatic rings. The summed E-state index contributed by atoms with van der Waals surface area (Å²) in [5.74, 6) is -0.533. The number of carbonyl (C=O) groups is 1. The number of nitrogens with one attached hydrogen (secondary N) is 1. The van der Waals surface area contributed by atoms with Gasteiger partial charge in [-0.05, 0) is 30.3 Å². The molecule has 0 bridgehead atoms. The van der Waals surface area contributed by atoms with Gasteiger partial charge in [-0.25, -0.2) is 0 Å². The van der Waals surface area contributed by atoms with Crippen molar-refractivity contribution in [1.29, 1.82) is 0 Å². The van der Waals surface area contributed by atoms with E-state index in [9.17, 15) is 14.9 Å². The van der Waals surface area contributed by atoms with E-state index in [0.29, 0.717) is 15.9 Å². The van der Waals surface area contributed by atoms with E-state index in [2.05, 4.69) is 9.97 Å². The van der Waals surface area contributed by atoms with Gasteiger partial charge >= 0.3 is 5.69 Å². The standard InChI is InChI=1S/C14H8ClN3O3/c15-8-4-5-9-11(7-8)17-12(13(9)18(20)21)14(19)10-3-1-2-6-16-10/h1-7,17H. The molecule has 0 spiro atoms. The maximum Gasteiger partial charge on any atom is 0.306 e. The zero-order valence-corrected chi connectivity index (χ0v) is 11.3. The van der Waals surface area contributed by atoms with E-state index < -0.39 is 10.7 Å². The Morgan fingerprint density at radius 3 is 2.76 bits per heavy atom. The summed E-state index contributed by atoms with van der Waals surface area (Å²) in [7, 11) is 0. The summed E-state index contributed by atoms with van der Waals surface area (Å²) >= 11 is 5.87. The fourth-order valence-corrected chi connectivity index (χ4v) is 2.31. The first kappa shape index (κ1) is 13.3. The van der Waals surface area contributed by atoms with E-state index in [0.717, 1.165) is 0 Å². The van der Waals surface area contributed by atoms with Crippen LogP contribution in [0.25, 0.3) is 10.9 Å². The Labute approximate surface area is 123 Å². The Kier molecular flexibility index (Phi) is 3.15. The minimum absolute atomic E-state index is 0.101. The highest BCUT2D eigenvalue weighted by molar-refractivity contribution is 6.31. The molecule has 6 nitrogen and oxygen atoms in total. The molecule has 0 atom stereocenters. The van der Waals surface area contributed by atoms with Gasteiger partial charge in [0.05, 0.1) is 15.8 Å². The Morgan fingerprint density at radius 1 is 1.29 bits per heavy atom. The van der Waals surface area contributed by atoms with E-state index in [1.807, 2.05) is 0 Å². The lowest BCUT2D eigenvalue weighted by Crippen LogP contribution is -2.06. The van der Waals surface area contributed by atoms with E-state index in [-0.39, 0.29) is 17.1 Å². The SMILES string of the molecule is O=C(c1ccccn1)c1[nH]c2cc(Cl)ccc2c1[N+](=O)[O-]. The molecule has 0 aliphatic heterocycles. The summed E-state index contributed by atoms with van der Waals surface area (Å²) in [6.45, 7) is 0. The molecule has 0 unspecified atom stereocenters. The summed E-state index contributed by atoms with van der Waals surface area (Å²) in [6, 6.07) is 9.41. The van der Waals surface area contributed by atoms with Crippen LogP contribution in [-0.4, -0.2) is 20.7 Å². The van der Waals surface area contributed by atoms with Gasteiger partial charge in [-0.3, -0.25) is 19.9 Å². The van der Waals surface area contributed by atoms with Crippen molar-refractivity contribution < 1.29 is 9.72 Å². The highest BCUT2D eigenvalue weighted by Crippen LogP contribution is 2.32. The average molecular weight is 302 g/mol. The van der Waals surface area contributed by atoms with Crippen molar-refractivity contribution in [1.82, 2.24) is 9.97 Å². The molecule has 0 saturated heterocycles. The molecule has 0 radical (unpaired) electrons. The van der Waals surface area contributed by atoms with E-state index in [1.165, 1.54) is 18.3 Å². The first-order chi connectivity index (χ1) is 10.1. The number of hydrogen-bond acceptors (Lipinski definition) is 4. The summed E-state index contributed by atoms with van der Waals surface area (Å²) in [6.07, 6.45) is 1.46. The van der Waals surface area contributed by atoms with Crippen LogP contribution in [0.4, 0.5) is 5.69 Å². The number of nitrogens with zero attached hydrogens (tertiary/aromatic N) is 2. The number of hydrogen-bond donors (Lipinski definition) is 1. The van der Waals surface area contributed by atoms with Crippen LogP contribution < -0.4 is 0 Å². The minimum atomic E-state index is -0.580. The zero-order valence-electron chi connectivity index (χ0n) is 10.5. The van der Waals surface area contributed by atoms with E-state index >= 15 is 0 Å². The van der Waals surface area contributed by atoms with Crippen molar-refractivity contribution in [2.24, 2.45) is 0 Å². The van der Waals surface area contributed by atoms with Gasteiger partial charge in [0.15, 0.2) is 5.69 Å². The third-order valence-corrected chi connectivity index (χ3v) is 3.28. The first-order valence-corrected chi connectivity index (χ1v) is 6.37. The molecule has 7 heteroatoms. The molecule has 21 heavy (non-hydrogen) atoms. The quantitative estimate of drug-likeness (QED) is 0.456. The fourth-order valence-electron chi connectivity index (χ4n) is 2.13. The van der Waals surface area contributed by atoms with Crippen LogP contribution in [-0.2, 0) is 0 Å². The minimum Gasteiger partial charge on any atom is -0.346 e. The van der Waals surface area contributed by atoms with Gasteiger partial charge in [0, 0.05) is 11.2 Å². The molecule has 0 aliphatic rings. The number of benzene rings is 1. The molecule has 1 aromatic carbocycles. The maximum absolute atomic E-state index is 12.4. The van der Waals surface area contributed by atoms with Crippen LogP contribution >= 0.6 is 11.6 Å². The lowest BCUT2D eigenvalue weighted by atomic mass is 10.1. The molecule has 2 aromatic heterocycles. The van der Waals surface area contributed by atoms with Crippen molar-refractivity contribution >= 4 is 34.0 Å². The predicted octanol–water partition coefficient (Wildman–Crippen LogP) is 3.36. The highest BCUT2D eigenvalue weighted by Gasteiger charge is 2.28. The topological polar surface area (TPSA) is 88.9 Å². The average Bonchev–Trinajstić information content (AvgIpc) is 2.85. The van der Waals surface area contributed by atoms with E-state index in [4.69, 9.17) is 11.6 Å². The number of aromatic amines is 1. The number of fused-ring (bicyclic) bond motifs is 1. The van der Waals surface area contributed by atoms with Gasteiger partial charge in [-0.2, -0.15) is 0 Å². The lowest BCUT2D eigenvalue weighted by molar-refractivity contribution is -0.383. The van der Waals surface area contributed by atoms with Crippen LogP contribution in [0.3, 0.4) is 0 Å². The molecule has 0 saturated carbocycles. The van der Waals surface area contributed by atoms with Crippen molar-refractivity contribution in [3.05, 3.63) is 69.1 Å². The normalized spacial score (nSPS) is 10.7. The van der Waals surface area contributed by atoms with Crippen molar-refractivity contribution in [3.63, 3.8) is 0 Å². The molecule has 0 aliphatic carbocycles. The molecule has 0 fully saturated rings. The number of aromatic nitrogens is 2. The third-order valence-electron chi connectivity index (χ3n) is 3.04. The van der Waals surface area contributed by atoms with Crippen molar-refractivity contribution in [2.45, 2.75) is 0 Å². The molecule has 2 heterocycles.